The van der Waals surface area contributed by atoms with Crippen molar-refractivity contribution < 1.29 is 42.2 Å². The molecule has 3 aromatic rings. The molecule has 0 saturated heterocycles. The van der Waals surface area contributed by atoms with E-state index in [0.29, 0.717) is 21.6 Å². The molecule has 3 rings (SSSR count). The number of hydrogen-bond acceptors (Lipinski definition) is 8. The normalized spacial score (nSPS) is 11.3. The Kier molecular flexibility index (Phi) is 10.5. The van der Waals surface area contributed by atoms with Crippen LogP contribution in [-0.4, -0.2) is 71.7 Å². The number of carboxylic acid groups (broad SMARTS) is 1. The molecular formula is C29H34N4O9S. The van der Waals surface area contributed by atoms with E-state index in [4.69, 9.17) is 9.47 Å². The first-order valence-electron chi connectivity index (χ1n) is 13.3. The second-order valence-corrected chi connectivity index (χ2v) is 11.8. The molecule has 2 aromatic carbocycles. The van der Waals surface area contributed by atoms with Crippen molar-refractivity contribution in [2.45, 2.75) is 39.9 Å². The molecule has 14 heteroatoms. The first-order valence-corrected chi connectivity index (χ1v) is 14.7. The summed E-state index contributed by atoms with van der Waals surface area (Å²) >= 11 is 0. The summed E-state index contributed by atoms with van der Waals surface area (Å²) in [6, 6.07) is 15.7. The number of carboxylic acids is 1. The Morgan fingerprint density at radius 3 is 2.21 bits per heavy atom. The number of hydrogen-bond donors (Lipinski definition) is 3. The number of carbonyl (C=O) groups is 4. The maximum Gasteiger partial charge on any atom is 0.422 e. The maximum atomic E-state index is 12.8. The minimum atomic E-state index is -4.67. The van der Waals surface area contributed by atoms with Crippen LogP contribution >= 0.6 is 0 Å². The lowest BCUT2D eigenvalue weighted by Gasteiger charge is -2.26. The van der Waals surface area contributed by atoms with E-state index in [1.807, 2.05) is 0 Å². The number of amides is 3. The van der Waals surface area contributed by atoms with Gasteiger partial charge in [0.25, 0.3) is 5.91 Å². The molecule has 0 saturated carbocycles. The van der Waals surface area contributed by atoms with E-state index in [-0.39, 0.29) is 30.8 Å². The van der Waals surface area contributed by atoms with Gasteiger partial charge in [-0.05, 0) is 57.0 Å². The summed E-state index contributed by atoms with van der Waals surface area (Å²) in [6.07, 6.45) is -0.772. The zero-order chi connectivity index (χ0) is 31.8. The minimum absolute atomic E-state index is 0.0402. The van der Waals surface area contributed by atoms with Crippen LogP contribution in [0, 0.1) is 0 Å². The van der Waals surface area contributed by atoms with Gasteiger partial charge in [-0.2, -0.15) is 8.42 Å². The molecule has 0 aliphatic heterocycles. The van der Waals surface area contributed by atoms with Crippen molar-refractivity contribution in [2.75, 3.05) is 19.6 Å². The molecule has 0 unspecified atom stereocenters. The number of nitrogens with zero attached hydrogens (tertiary/aromatic N) is 2. The molecule has 3 N–H and O–H groups in total. The fourth-order valence-electron chi connectivity index (χ4n) is 3.88. The van der Waals surface area contributed by atoms with Crippen molar-refractivity contribution in [2.24, 2.45) is 0 Å². The summed E-state index contributed by atoms with van der Waals surface area (Å²) in [5.74, 6) is -1.99. The number of aromatic nitrogens is 1. The first-order chi connectivity index (χ1) is 20.2. The number of benzene rings is 2. The maximum absolute atomic E-state index is 12.8. The van der Waals surface area contributed by atoms with E-state index in [2.05, 4.69) is 5.32 Å². The van der Waals surface area contributed by atoms with Gasteiger partial charge < -0.3 is 24.8 Å². The second kappa shape index (κ2) is 13.9. The van der Waals surface area contributed by atoms with Crippen LogP contribution in [0.25, 0.3) is 11.1 Å². The Bertz CT molecular complexity index is 1560. The average Bonchev–Trinajstić information content (AvgIpc) is 3.40. The molecule has 0 aliphatic rings. The molecule has 0 atom stereocenters. The van der Waals surface area contributed by atoms with Gasteiger partial charge in [0.1, 0.15) is 12.2 Å². The highest BCUT2D eigenvalue weighted by molar-refractivity contribution is 7.88. The molecule has 0 radical (unpaired) electrons. The van der Waals surface area contributed by atoms with E-state index >= 15 is 0 Å². The summed E-state index contributed by atoms with van der Waals surface area (Å²) < 4.78 is 38.1. The Morgan fingerprint density at radius 2 is 1.63 bits per heavy atom. The Balaban J connectivity index is 1.67. The van der Waals surface area contributed by atoms with Crippen molar-refractivity contribution in [1.29, 1.82) is 0 Å². The van der Waals surface area contributed by atoms with Crippen LogP contribution in [0.5, 0.6) is 0 Å². The number of carbonyl (C=O) groups excluding carboxylic acids is 3. The molecule has 43 heavy (non-hydrogen) atoms. The molecule has 0 aliphatic carbocycles. The summed E-state index contributed by atoms with van der Waals surface area (Å²) in [7, 11) is -4.67. The fraction of sp³-hybridized carbons (Fsp3) is 0.310. The summed E-state index contributed by atoms with van der Waals surface area (Å²) in [4.78, 5) is 50.6. The second-order valence-electron chi connectivity index (χ2n) is 10.2. The lowest BCUT2D eigenvalue weighted by Crippen LogP contribution is -2.41. The van der Waals surface area contributed by atoms with Crippen LogP contribution < -0.4 is 10.0 Å². The number of nitrogens with one attached hydrogen (secondary N) is 2. The van der Waals surface area contributed by atoms with E-state index < -0.39 is 45.6 Å². The van der Waals surface area contributed by atoms with Crippen molar-refractivity contribution in [3.63, 3.8) is 0 Å². The van der Waals surface area contributed by atoms with Crippen LogP contribution in [-0.2, 0) is 26.3 Å². The Morgan fingerprint density at radius 1 is 0.977 bits per heavy atom. The third-order valence-electron chi connectivity index (χ3n) is 5.90. The van der Waals surface area contributed by atoms with Gasteiger partial charge in [0.2, 0.25) is 0 Å². The van der Waals surface area contributed by atoms with Gasteiger partial charge in [0.05, 0.1) is 0 Å². The summed E-state index contributed by atoms with van der Waals surface area (Å²) in [5.41, 5.74) is -0.0230. The van der Waals surface area contributed by atoms with Gasteiger partial charge in [-0.25, -0.2) is 23.1 Å². The molecule has 1 heterocycles. The van der Waals surface area contributed by atoms with Gasteiger partial charge in [0.15, 0.2) is 5.69 Å². The highest BCUT2D eigenvalue weighted by Crippen LogP contribution is 2.26. The van der Waals surface area contributed by atoms with Crippen LogP contribution in [0.2, 0.25) is 0 Å². The van der Waals surface area contributed by atoms with Gasteiger partial charge in [0, 0.05) is 37.0 Å². The van der Waals surface area contributed by atoms with E-state index in [1.54, 1.807) is 62.7 Å². The molecule has 3 amide bonds. The average molecular weight is 615 g/mol. The quantitative estimate of drug-likeness (QED) is 0.290. The first kappa shape index (κ1) is 32.7. The Labute approximate surface area is 249 Å². The highest BCUT2D eigenvalue weighted by atomic mass is 32.2. The molecule has 13 nitrogen and oxygen atoms in total. The highest BCUT2D eigenvalue weighted by Gasteiger charge is 2.27. The SMILES string of the molecule is CCN(CCNC(=O)c1ccc(-c2ccn(S(=O)(=O)NC(=O)OCc3ccccc3)c2C(=O)O)cc1)C(=O)OC(C)(C)C. The molecule has 1 aromatic heterocycles. The van der Waals surface area contributed by atoms with Crippen molar-refractivity contribution in [3.05, 3.63) is 83.7 Å². The van der Waals surface area contributed by atoms with Crippen molar-refractivity contribution in [1.82, 2.24) is 18.9 Å². The zero-order valence-corrected chi connectivity index (χ0v) is 25.0. The third kappa shape index (κ3) is 9.07. The topological polar surface area (TPSA) is 173 Å². The standard InChI is InChI=1S/C29H34N4O9S/c1-5-32(28(38)42-29(2,3)4)18-16-30-25(34)22-13-11-21(12-14-22)23-15-17-33(24(23)26(35)36)43(39,40)31-27(37)41-19-20-9-7-6-8-10-20/h6-15,17H,5,16,18-19H2,1-4H3,(H,30,34)(H,31,37)(H,35,36). The van der Waals surface area contributed by atoms with Crippen molar-refractivity contribution in [3.8, 4) is 11.1 Å². The molecule has 0 fully saturated rings. The summed E-state index contributed by atoms with van der Waals surface area (Å²) in [6.45, 7) is 7.68. The van der Waals surface area contributed by atoms with Gasteiger partial charge in [-0.3, -0.25) is 4.79 Å². The van der Waals surface area contributed by atoms with Gasteiger partial charge in [-0.15, -0.1) is 0 Å². The predicted molar refractivity (Wildman–Crippen MR) is 157 cm³/mol. The van der Waals surface area contributed by atoms with Crippen molar-refractivity contribution >= 4 is 34.3 Å². The lowest BCUT2D eigenvalue weighted by molar-refractivity contribution is 0.0260. The molecule has 0 spiro atoms. The van der Waals surface area contributed by atoms with Gasteiger partial charge in [-0.1, -0.05) is 42.5 Å². The van der Waals surface area contributed by atoms with Gasteiger partial charge >= 0.3 is 28.4 Å². The largest absolute Gasteiger partial charge is 0.477 e. The van der Waals surface area contributed by atoms with Crippen LogP contribution in [0.4, 0.5) is 9.59 Å². The molecule has 230 valence electrons. The lowest BCUT2D eigenvalue weighted by atomic mass is 10.0. The zero-order valence-electron chi connectivity index (χ0n) is 24.2. The predicted octanol–water partition coefficient (Wildman–Crippen LogP) is 3.86. The minimum Gasteiger partial charge on any atom is -0.477 e. The Hall–Kier alpha value is -4.85. The number of likely N-dealkylation sites (N-methyl/N-ethyl adjacent to an activating group) is 1. The van der Waals surface area contributed by atoms with E-state index in [9.17, 15) is 32.7 Å². The smallest absolute Gasteiger partial charge is 0.422 e. The monoisotopic (exact) mass is 614 g/mol. The molecular weight excluding hydrogens is 580 g/mol. The van der Waals surface area contributed by atoms with E-state index in [0.717, 1.165) is 6.20 Å². The summed E-state index contributed by atoms with van der Waals surface area (Å²) in [5, 5.41) is 12.5. The number of aromatic carboxylic acids is 1. The number of rotatable bonds is 11. The number of ether oxygens (including phenoxy) is 2. The van der Waals surface area contributed by atoms with Crippen LogP contribution in [0.3, 0.4) is 0 Å². The van der Waals surface area contributed by atoms with E-state index in [1.165, 1.54) is 35.2 Å². The molecule has 0 bridgehead atoms. The fourth-order valence-corrected chi connectivity index (χ4v) is 4.88. The third-order valence-corrected chi connectivity index (χ3v) is 7.14. The van der Waals surface area contributed by atoms with Crippen LogP contribution in [0.1, 0.15) is 54.1 Å². The van der Waals surface area contributed by atoms with Crippen LogP contribution in [0.15, 0.2) is 66.9 Å².